The van der Waals surface area contributed by atoms with E-state index < -0.39 is 0 Å². The molecular weight excluding hydrogens is 276 g/mol. The maximum absolute atomic E-state index is 12.3. The van der Waals surface area contributed by atoms with Gasteiger partial charge in [-0.25, -0.2) is 0 Å². The molecule has 0 saturated carbocycles. The molecule has 100 valence electrons. The SMILES string of the molecule is Nc1ccc(Cl)cc1NC(=O)c1coc2ccccc12. The summed E-state index contributed by atoms with van der Waals surface area (Å²) < 4.78 is 5.34. The molecule has 0 unspecified atom stereocenters. The predicted molar refractivity (Wildman–Crippen MR) is 80.0 cm³/mol. The second-order valence-electron chi connectivity index (χ2n) is 4.33. The van der Waals surface area contributed by atoms with Gasteiger partial charge in [0.2, 0.25) is 0 Å². The summed E-state index contributed by atoms with van der Waals surface area (Å²) in [6, 6.07) is 12.3. The summed E-state index contributed by atoms with van der Waals surface area (Å²) in [7, 11) is 0. The van der Waals surface area contributed by atoms with E-state index in [-0.39, 0.29) is 5.91 Å². The first kappa shape index (κ1) is 12.6. The van der Waals surface area contributed by atoms with Crippen LogP contribution >= 0.6 is 11.6 Å². The Morgan fingerprint density at radius 3 is 2.85 bits per heavy atom. The maximum atomic E-state index is 12.3. The molecule has 4 nitrogen and oxygen atoms in total. The largest absolute Gasteiger partial charge is 0.463 e. The molecule has 20 heavy (non-hydrogen) atoms. The highest BCUT2D eigenvalue weighted by Crippen LogP contribution is 2.26. The molecule has 1 amide bonds. The van der Waals surface area contributed by atoms with Crippen LogP contribution in [0.3, 0.4) is 0 Å². The van der Waals surface area contributed by atoms with E-state index >= 15 is 0 Å². The molecule has 0 bridgehead atoms. The first-order chi connectivity index (χ1) is 9.65. The van der Waals surface area contributed by atoms with Crippen LogP contribution in [-0.4, -0.2) is 5.91 Å². The summed E-state index contributed by atoms with van der Waals surface area (Å²) in [6.45, 7) is 0. The minimum Gasteiger partial charge on any atom is -0.463 e. The average Bonchev–Trinajstić information content (AvgIpc) is 2.87. The van der Waals surface area contributed by atoms with Crippen molar-refractivity contribution >= 4 is 39.9 Å². The van der Waals surface area contributed by atoms with E-state index in [1.807, 2.05) is 18.2 Å². The molecule has 0 atom stereocenters. The zero-order valence-electron chi connectivity index (χ0n) is 10.4. The molecule has 1 aromatic heterocycles. The number of nitrogens with one attached hydrogen (secondary N) is 1. The van der Waals surface area contributed by atoms with Gasteiger partial charge >= 0.3 is 0 Å². The minimum absolute atomic E-state index is 0.288. The fraction of sp³-hybridized carbons (Fsp3) is 0. The number of rotatable bonds is 2. The third-order valence-corrected chi connectivity index (χ3v) is 3.22. The van der Waals surface area contributed by atoms with Gasteiger partial charge in [-0.1, -0.05) is 29.8 Å². The van der Waals surface area contributed by atoms with Gasteiger partial charge in [0.05, 0.1) is 16.9 Å². The molecule has 0 radical (unpaired) electrons. The van der Waals surface area contributed by atoms with Crippen LogP contribution in [-0.2, 0) is 0 Å². The summed E-state index contributed by atoms with van der Waals surface area (Å²) >= 11 is 5.89. The van der Waals surface area contributed by atoms with Gasteiger partial charge < -0.3 is 15.5 Å². The number of anilines is 2. The van der Waals surface area contributed by atoms with Crippen molar-refractivity contribution in [2.24, 2.45) is 0 Å². The molecule has 3 N–H and O–H groups in total. The number of carbonyl (C=O) groups is 1. The molecule has 0 saturated heterocycles. The number of fused-ring (bicyclic) bond motifs is 1. The van der Waals surface area contributed by atoms with Crippen LogP contribution in [0.1, 0.15) is 10.4 Å². The topological polar surface area (TPSA) is 68.3 Å². The van der Waals surface area contributed by atoms with Crippen LogP contribution in [0.2, 0.25) is 5.02 Å². The van der Waals surface area contributed by atoms with Crippen LogP contribution in [0.5, 0.6) is 0 Å². The van der Waals surface area contributed by atoms with Gasteiger partial charge in [-0.3, -0.25) is 4.79 Å². The Kier molecular flexibility index (Phi) is 3.08. The summed E-state index contributed by atoms with van der Waals surface area (Å²) in [5.41, 5.74) is 7.86. The first-order valence-corrected chi connectivity index (χ1v) is 6.35. The van der Waals surface area contributed by atoms with Crippen molar-refractivity contribution in [1.82, 2.24) is 0 Å². The molecule has 0 spiro atoms. The highest BCUT2D eigenvalue weighted by atomic mass is 35.5. The molecule has 3 aromatic rings. The third kappa shape index (κ3) is 2.21. The first-order valence-electron chi connectivity index (χ1n) is 5.98. The van der Waals surface area contributed by atoms with Gasteiger partial charge in [-0.05, 0) is 24.3 Å². The lowest BCUT2D eigenvalue weighted by atomic mass is 10.1. The number of halogens is 1. The van der Waals surface area contributed by atoms with Crippen molar-refractivity contribution in [1.29, 1.82) is 0 Å². The number of benzene rings is 2. The average molecular weight is 287 g/mol. The molecule has 0 aliphatic heterocycles. The summed E-state index contributed by atoms with van der Waals surface area (Å²) in [4.78, 5) is 12.3. The zero-order valence-corrected chi connectivity index (χ0v) is 11.1. The van der Waals surface area contributed by atoms with Gasteiger partial charge in [0, 0.05) is 10.4 Å². The Hall–Kier alpha value is -2.46. The van der Waals surface area contributed by atoms with Crippen LogP contribution in [0.25, 0.3) is 11.0 Å². The van der Waals surface area contributed by atoms with E-state index in [1.54, 1.807) is 24.3 Å². The number of amides is 1. The highest BCUT2D eigenvalue weighted by molar-refractivity contribution is 6.31. The van der Waals surface area contributed by atoms with Crippen LogP contribution in [0.15, 0.2) is 53.1 Å². The molecular formula is C15H11ClN2O2. The van der Waals surface area contributed by atoms with Gasteiger partial charge in [0.15, 0.2) is 0 Å². The Morgan fingerprint density at radius 1 is 1.20 bits per heavy atom. The van der Waals surface area contributed by atoms with Gasteiger partial charge in [-0.15, -0.1) is 0 Å². The Balaban J connectivity index is 1.95. The molecule has 0 aliphatic rings. The predicted octanol–water partition coefficient (Wildman–Crippen LogP) is 3.92. The quantitative estimate of drug-likeness (QED) is 0.702. The number of carbonyl (C=O) groups excluding carboxylic acids is 1. The number of hydrogen-bond acceptors (Lipinski definition) is 3. The summed E-state index contributed by atoms with van der Waals surface area (Å²) in [5, 5.41) is 4.00. The number of nitrogen functional groups attached to an aromatic ring is 1. The molecule has 2 aromatic carbocycles. The monoisotopic (exact) mass is 286 g/mol. The van der Waals surface area contributed by atoms with E-state index in [0.717, 1.165) is 5.39 Å². The van der Waals surface area contributed by atoms with E-state index in [0.29, 0.717) is 27.5 Å². The van der Waals surface area contributed by atoms with Crippen molar-refractivity contribution in [3.63, 3.8) is 0 Å². The molecule has 1 heterocycles. The normalized spacial score (nSPS) is 10.7. The smallest absolute Gasteiger partial charge is 0.259 e. The Bertz CT molecular complexity index is 795. The van der Waals surface area contributed by atoms with Crippen molar-refractivity contribution in [3.05, 3.63) is 59.3 Å². The Morgan fingerprint density at radius 2 is 2.00 bits per heavy atom. The standard InChI is InChI=1S/C15H11ClN2O2/c16-9-5-6-12(17)13(7-9)18-15(19)11-8-20-14-4-2-1-3-10(11)14/h1-8H,17H2,(H,18,19). The van der Waals surface area contributed by atoms with Crippen LogP contribution in [0, 0.1) is 0 Å². The lowest BCUT2D eigenvalue weighted by Crippen LogP contribution is -2.12. The van der Waals surface area contributed by atoms with E-state index in [9.17, 15) is 4.79 Å². The summed E-state index contributed by atoms with van der Waals surface area (Å²) in [5.74, 6) is -0.288. The van der Waals surface area contributed by atoms with Gasteiger partial charge in [0.25, 0.3) is 5.91 Å². The van der Waals surface area contributed by atoms with E-state index in [1.165, 1.54) is 6.26 Å². The molecule has 0 aliphatic carbocycles. The van der Waals surface area contributed by atoms with Gasteiger partial charge in [0.1, 0.15) is 11.8 Å². The zero-order chi connectivity index (χ0) is 14.1. The number of furan rings is 1. The van der Waals surface area contributed by atoms with Crippen molar-refractivity contribution < 1.29 is 9.21 Å². The fourth-order valence-corrected chi connectivity index (χ4v) is 2.15. The van der Waals surface area contributed by atoms with Crippen LogP contribution < -0.4 is 11.1 Å². The lowest BCUT2D eigenvalue weighted by Gasteiger charge is -2.07. The Labute approximate surface area is 120 Å². The fourth-order valence-electron chi connectivity index (χ4n) is 1.98. The third-order valence-electron chi connectivity index (χ3n) is 2.99. The second-order valence-corrected chi connectivity index (χ2v) is 4.77. The molecule has 3 rings (SSSR count). The summed E-state index contributed by atoms with van der Waals surface area (Å²) in [6.07, 6.45) is 1.43. The van der Waals surface area contributed by atoms with E-state index in [4.69, 9.17) is 21.8 Å². The number of hydrogen-bond donors (Lipinski definition) is 2. The van der Waals surface area contributed by atoms with Crippen molar-refractivity contribution in [2.45, 2.75) is 0 Å². The lowest BCUT2D eigenvalue weighted by molar-refractivity contribution is 0.102. The second kappa shape index (κ2) is 4.90. The highest BCUT2D eigenvalue weighted by Gasteiger charge is 2.14. The minimum atomic E-state index is -0.288. The van der Waals surface area contributed by atoms with Crippen molar-refractivity contribution in [3.8, 4) is 0 Å². The van der Waals surface area contributed by atoms with Crippen LogP contribution in [0.4, 0.5) is 11.4 Å². The number of para-hydroxylation sites is 1. The van der Waals surface area contributed by atoms with E-state index in [2.05, 4.69) is 5.32 Å². The molecule has 5 heteroatoms. The maximum Gasteiger partial charge on any atom is 0.259 e. The van der Waals surface area contributed by atoms with Crippen molar-refractivity contribution in [2.75, 3.05) is 11.1 Å². The molecule has 0 fully saturated rings. The number of nitrogens with two attached hydrogens (primary N) is 1. The van der Waals surface area contributed by atoms with Gasteiger partial charge in [-0.2, -0.15) is 0 Å².